The summed E-state index contributed by atoms with van der Waals surface area (Å²) in [5, 5.41) is 16.5. The summed E-state index contributed by atoms with van der Waals surface area (Å²) in [5.41, 5.74) is 6.68. The summed E-state index contributed by atoms with van der Waals surface area (Å²) in [7, 11) is 0. The van der Waals surface area contributed by atoms with Gasteiger partial charge in [0.25, 0.3) is 0 Å². The van der Waals surface area contributed by atoms with Crippen molar-refractivity contribution >= 4 is 39.7 Å². The third-order valence-corrected chi connectivity index (χ3v) is 1.73. The molecule has 0 saturated carbocycles. The fourth-order valence-electron chi connectivity index (χ4n) is 1.04. The predicted molar refractivity (Wildman–Crippen MR) is 68.1 cm³/mol. The topological polar surface area (TPSA) is 77.0 Å². The number of hydrogen-bond donors (Lipinski definition) is 2. The molecule has 3 N–H and O–H groups in total. The Hall–Kier alpha value is -1.08. The zero-order chi connectivity index (χ0) is 9.26. The first-order valence-electron chi connectivity index (χ1n) is 3.71. The molecule has 5 nitrogen and oxygen atoms in total. The monoisotopic (exact) mass is 336 g/mol. The van der Waals surface area contributed by atoms with Gasteiger partial charge in [0.1, 0.15) is 18.4 Å². The van der Waals surface area contributed by atoms with Gasteiger partial charge in [-0.05, 0) is 18.2 Å². The van der Waals surface area contributed by atoms with Crippen molar-refractivity contribution in [3.8, 4) is 11.4 Å². The van der Waals surface area contributed by atoms with Crippen LogP contribution in [0.4, 0.5) is 5.69 Å². The minimum Gasteiger partial charge on any atom is -0.506 e. The molecule has 0 atom stereocenters. The fourth-order valence-corrected chi connectivity index (χ4v) is 1.04. The highest BCUT2D eigenvalue weighted by Crippen LogP contribution is 2.21. The van der Waals surface area contributed by atoms with E-state index in [4.69, 9.17) is 5.73 Å². The van der Waals surface area contributed by atoms with E-state index in [0.29, 0.717) is 5.69 Å². The van der Waals surface area contributed by atoms with Crippen molar-refractivity contribution in [1.82, 2.24) is 14.8 Å². The molecule has 0 bridgehead atoms. The van der Waals surface area contributed by atoms with Gasteiger partial charge in [0, 0.05) is 0 Å². The molecule has 0 fully saturated rings. The Labute approximate surface area is 107 Å². The normalized spacial score (nSPS) is 8.80. The number of nitrogens with zero attached hydrogens (tertiary/aromatic N) is 3. The molecule has 0 saturated heterocycles. The average molecular weight is 338 g/mol. The van der Waals surface area contributed by atoms with E-state index in [2.05, 4.69) is 10.2 Å². The molecule has 0 spiro atoms. The van der Waals surface area contributed by atoms with E-state index in [1.165, 1.54) is 6.07 Å². The maximum absolute atomic E-state index is 9.18. The minimum absolute atomic E-state index is 0. The number of aromatic nitrogens is 3. The standard InChI is InChI=1S/C8H8N4O.2BrH/c9-7-3-6(1-2-8(7)13)12-4-10-11-5-12;;/h1-5,13H,9H2;2*1H. The van der Waals surface area contributed by atoms with Crippen molar-refractivity contribution in [2.75, 3.05) is 5.73 Å². The third kappa shape index (κ3) is 2.93. The molecule has 7 heteroatoms. The maximum Gasteiger partial charge on any atom is 0.138 e. The van der Waals surface area contributed by atoms with Crippen molar-refractivity contribution < 1.29 is 5.11 Å². The van der Waals surface area contributed by atoms with Crippen LogP contribution in [0.25, 0.3) is 5.69 Å². The number of phenolic OH excluding ortho intramolecular Hbond substituents is 1. The van der Waals surface area contributed by atoms with E-state index >= 15 is 0 Å². The number of rotatable bonds is 1. The lowest BCUT2D eigenvalue weighted by atomic mass is 10.2. The van der Waals surface area contributed by atoms with Crippen molar-refractivity contribution in [3.05, 3.63) is 30.9 Å². The molecule has 0 amide bonds. The lowest BCUT2D eigenvalue weighted by molar-refractivity contribution is 0.478. The molecule has 2 rings (SSSR count). The fraction of sp³-hybridized carbons (Fsp3) is 0. The zero-order valence-corrected chi connectivity index (χ0v) is 11.0. The summed E-state index contributed by atoms with van der Waals surface area (Å²) in [5.74, 6) is 0.0804. The van der Waals surface area contributed by atoms with Crippen LogP contribution in [0.15, 0.2) is 30.9 Å². The second kappa shape index (κ2) is 5.72. The molecule has 1 heterocycles. The molecular weight excluding hydrogens is 328 g/mol. The Balaban J connectivity index is 0.000000980. The summed E-state index contributed by atoms with van der Waals surface area (Å²) in [4.78, 5) is 0. The maximum atomic E-state index is 9.18. The molecule has 0 unspecified atom stereocenters. The molecule has 15 heavy (non-hydrogen) atoms. The van der Waals surface area contributed by atoms with Crippen LogP contribution in [-0.4, -0.2) is 19.9 Å². The molecule has 0 radical (unpaired) electrons. The Morgan fingerprint density at radius 2 is 1.73 bits per heavy atom. The van der Waals surface area contributed by atoms with Crippen LogP contribution in [-0.2, 0) is 0 Å². The first-order valence-corrected chi connectivity index (χ1v) is 3.71. The molecule has 0 aliphatic rings. The van der Waals surface area contributed by atoms with Gasteiger partial charge in [0.15, 0.2) is 0 Å². The highest BCUT2D eigenvalue weighted by atomic mass is 79.9. The lowest BCUT2D eigenvalue weighted by Gasteiger charge is -2.03. The predicted octanol–water partition coefficient (Wildman–Crippen LogP) is 1.71. The van der Waals surface area contributed by atoms with Gasteiger partial charge in [0.2, 0.25) is 0 Å². The number of aromatic hydroxyl groups is 1. The van der Waals surface area contributed by atoms with E-state index in [1.54, 1.807) is 29.4 Å². The number of nitrogens with two attached hydrogens (primary N) is 1. The van der Waals surface area contributed by atoms with Crippen molar-refractivity contribution in [2.24, 2.45) is 0 Å². The van der Waals surface area contributed by atoms with E-state index in [1.807, 2.05) is 0 Å². The second-order valence-electron chi connectivity index (χ2n) is 2.61. The first-order chi connectivity index (χ1) is 6.27. The number of halogens is 2. The Bertz CT molecular complexity index is 419. The summed E-state index contributed by atoms with van der Waals surface area (Å²) in [6, 6.07) is 4.92. The van der Waals surface area contributed by atoms with Crippen LogP contribution in [0.1, 0.15) is 0 Å². The Morgan fingerprint density at radius 1 is 1.13 bits per heavy atom. The Kier molecular flexibility index (Phi) is 5.31. The highest BCUT2D eigenvalue weighted by molar-refractivity contribution is 8.93. The molecule has 0 aliphatic heterocycles. The summed E-state index contributed by atoms with van der Waals surface area (Å²) in [6.07, 6.45) is 3.12. The van der Waals surface area contributed by atoms with E-state index in [-0.39, 0.29) is 39.7 Å². The SMILES string of the molecule is Br.Br.Nc1cc(-n2cnnc2)ccc1O. The van der Waals surface area contributed by atoms with E-state index < -0.39 is 0 Å². The number of nitrogen functional groups attached to an aromatic ring is 1. The zero-order valence-electron chi connectivity index (χ0n) is 7.57. The van der Waals surface area contributed by atoms with Crippen LogP contribution < -0.4 is 5.73 Å². The third-order valence-electron chi connectivity index (χ3n) is 1.73. The molecule has 0 aliphatic carbocycles. The largest absolute Gasteiger partial charge is 0.506 e. The van der Waals surface area contributed by atoms with Gasteiger partial charge < -0.3 is 10.8 Å². The second-order valence-corrected chi connectivity index (χ2v) is 2.61. The van der Waals surface area contributed by atoms with Crippen molar-refractivity contribution in [3.63, 3.8) is 0 Å². The highest BCUT2D eigenvalue weighted by Gasteiger charge is 1.99. The van der Waals surface area contributed by atoms with Crippen molar-refractivity contribution in [2.45, 2.75) is 0 Å². The summed E-state index contributed by atoms with van der Waals surface area (Å²) >= 11 is 0. The van der Waals surface area contributed by atoms with Gasteiger partial charge in [-0.2, -0.15) is 0 Å². The van der Waals surface area contributed by atoms with Gasteiger partial charge in [0.05, 0.1) is 11.4 Å². The first kappa shape index (κ1) is 13.9. The average Bonchev–Trinajstić information content (AvgIpc) is 2.62. The van der Waals surface area contributed by atoms with Gasteiger partial charge >= 0.3 is 0 Å². The van der Waals surface area contributed by atoms with Crippen LogP contribution in [0.2, 0.25) is 0 Å². The molecule has 1 aromatic heterocycles. The number of hydrogen-bond acceptors (Lipinski definition) is 4. The van der Waals surface area contributed by atoms with Crippen LogP contribution in [0.3, 0.4) is 0 Å². The van der Waals surface area contributed by atoms with Gasteiger partial charge in [-0.3, -0.25) is 4.57 Å². The molecule has 82 valence electrons. The van der Waals surface area contributed by atoms with E-state index in [9.17, 15) is 5.11 Å². The smallest absolute Gasteiger partial charge is 0.138 e. The summed E-state index contributed by atoms with van der Waals surface area (Å²) < 4.78 is 1.70. The number of phenols is 1. The van der Waals surface area contributed by atoms with Crippen LogP contribution >= 0.6 is 34.0 Å². The van der Waals surface area contributed by atoms with Gasteiger partial charge in [-0.1, -0.05) is 0 Å². The Morgan fingerprint density at radius 3 is 2.27 bits per heavy atom. The summed E-state index contributed by atoms with van der Waals surface area (Å²) in [6.45, 7) is 0. The molecule has 2 aromatic rings. The number of anilines is 1. The number of benzene rings is 1. The molecular formula is C8H10Br2N4O. The quantitative estimate of drug-likeness (QED) is 0.613. The van der Waals surface area contributed by atoms with Crippen LogP contribution in [0.5, 0.6) is 5.75 Å². The van der Waals surface area contributed by atoms with E-state index in [0.717, 1.165) is 5.69 Å². The van der Waals surface area contributed by atoms with Gasteiger partial charge in [-0.25, -0.2) is 0 Å². The van der Waals surface area contributed by atoms with Crippen LogP contribution in [0, 0.1) is 0 Å². The van der Waals surface area contributed by atoms with Gasteiger partial charge in [-0.15, -0.1) is 44.2 Å². The lowest BCUT2D eigenvalue weighted by Crippen LogP contribution is -1.92. The molecule has 1 aromatic carbocycles. The van der Waals surface area contributed by atoms with Crippen molar-refractivity contribution in [1.29, 1.82) is 0 Å². The minimum atomic E-state index is 0.